The first-order valence-corrected chi connectivity index (χ1v) is 12.0. The molecule has 1 fully saturated rings. The van der Waals surface area contributed by atoms with E-state index in [9.17, 15) is 22.8 Å². The van der Waals surface area contributed by atoms with Crippen molar-refractivity contribution in [3.63, 3.8) is 0 Å². The van der Waals surface area contributed by atoms with Crippen LogP contribution < -0.4 is 5.43 Å². The third-order valence-electron chi connectivity index (χ3n) is 5.52. The summed E-state index contributed by atoms with van der Waals surface area (Å²) in [5.41, 5.74) is -0.162. The Kier molecular flexibility index (Phi) is 7.19. The molecule has 1 aliphatic heterocycles. The Bertz CT molecular complexity index is 1160. The minimum Gasteiger partial charge on any atom is -0.450 e. The number of nitrogens with one attached hydrogen (secondary N) is 1. The van der Waals surface area contributed by atoms with Crippen LogP contribution in [0, 0.1) is 0 Å². The number of H-pyrrole nitrogens is 1. The standard InChI is InChI=1S/C21H28N4O6S/c1-4-25(5-2)32(29,30)15-7-8-18-16(13-15)19(26)17(14-22-18)20(27)23-9-11-24(12-10-23)21(28)31-6-3/h7-8,13-14H,4-6,9-12H2,1-3H3,(H,22,26). The summed E-state index contributed by atoms with van der Waals surface area (Å²) < 4.78 is 32.0. The fourth-order valence-electron chi connectivity index (χ4n) is 3.71. The largest absolute Gasteiger partial charge is 0.450 e. The summed E-state index contributed by atoms with van der Waals surface area (Å²) in [4.78, 5) is 43.9. The average Bonchev–Trinajstić information content (AvgIpc) is 2.79. The SMILES string of the molecule is CCOC(=O)N1CCN(C(=O)c2c[nH]c3ccc(S(=O)(=O)N(CC)CC)cc3c2=O)CC1. The number of benzene rings is 1. The summed E-state index contributed by atoms with van der Waals surface area (Å²) in [6.45, 7) is 7.26. The van der Waals surface area contributed by atoms with Gasteiger partial charge in [-0.25, -0.2) is 13.2 Å². The van der Waals surface area contributed by atoms with E-state index in [1.807, 2.05) is 0 Å². The molecule has 2 heterocycles. The van der Waals surface area contributed by atoms with Crippen LogP contribution in [0.3, 0.4) is 0 Å². The van der Waals surface area contributed by atoms with Crippen molar-refractivity contribution in [1.29, 1.82) is 0 Å². The third-order valence-corrected chi connectivity index (χ3v) is 7.56. The number of aromatic nitrogens is 1. The van der Waals surface area contributed by atoms with E-state index < -0.39 is 27.5 Å². The van der Waals surface area contributed by atoms with Crippen molar-refractivity contribution in [2.75, 3.05) is 45.9 Å². The molecule has 0 aliphatic carbocycles. The molecule has 1 saturated heterocycles. The van der Waals surface area contributed by atoms with Crippen LogP contribution in [0.25, 0.3) is 10.9 Å². The van der Waals surface area contributed by atoms with E-state index >= 15 is 0 Å². The second kappa shape index (κ2) is 9.70. The predicted octanol–water partition coefficient (Wildman–Crippen LogP) is 1.47. The first kappa shape index (κ1) is 23.7. The Labute approximate surface area is 186 Å². The molecule has 3 rings (SSSR count). The maximum absolute atomic E-state index is 13.1. The zero-order chi connectivity index (χ0) is 23.5. The highest BCUT2D eigenvalue weighted by Crippen LogP contribution is 2.20. The quantitative estimate of drug-likeness (QED) is 0.691. The molecule has 0 radical (unpaired) electrons. The van der Waals surface area contributed by atoms with Crippen LogP contribution in [-0.2, 0) is 14.8 Å². The molecule has 0 saturated carbocycles. The average molecular weight is 465 g/mol. The minimum absolute atomic E-state index is 0.00634. The van der Waals surface area contributed by atoms with Gasteiger partial charge >= 0.3 is 6.09 Å². The van der Waals surface area contributed by atoms with Crippen molar-refractivity contribution in [3.05, 3.63) is 40.2 Å². The topological polar surface area (TPSA) is 120 Å². The van der Waals surface area contributed by atoms with E-state index in [0.717, 1.165) is 0 Å². The third kappa shape index (κ3) is 4.49. The van der Waals surface area contributed by atoms with Crippen LogP contribution in [0.2, 0.25) is 0 Å². The monoisotopic (exact) mass is 464 g/mol. The van der Waals surface area contributed by atoms with E-state index in [1.165, 1.54) is 38.5 Å². The maximum Gasteiger partial charge on any atom is 0.409 e. The van der Waals surface area contributed by atoms with Crippen LogP contribution in [-0.4, -0.2) is 85.4 Å². The van der Waals surface area contributed by atoms with Gasteiger partial charge in [0.25, 0.3) is 5.91 Å². The zero-order valence-electron chi connectivity index (χ0n) is 18.5. The number of carbonyl (C=O) groups excluding carboxylic acids is 2. The van der Waals surface area contributed by atoms with E-state index in [0.29, 0.717) is 31.7 Å². The number of hydrogen-bond donors (Lipinski definition) is 1. The Balaban J connectivity index is 1.89. The molecule has 0 bridgehead atoms. The fraction of sp³-hybridized carbons (Fsp3) is 0.476. The Morgan fingerprint density at radius 1 is 1.06 bits per heavy atom. The number of carbonyl (C=O) groups is 2. The Morgan fingerprint density at radius 2 is 1.69 bits per heavy atom. The summed E-state index contributed by atoms with van der Waals surface area (Å²) >= 11 is 0. The van der Waals surface area contributed by atoms with Crippen molar-refractivity contribution in [1.82, 2.24) is 19.1 Å². The number of sulfonamides is 1. The Morgan fingerprint density at radius 3 is 2.28 bits per heavy atom. The number of nitrogens with zero attached hydrogens (tertiary/aromatic N) is 3. The molecule has 1 aliphatic rings. The first-order valence-electron chi connectivity index (χ1n) is 10.6. The fourth-order valence-corrected chi connectivity index (χ4v) is 5.19. The highest BCUT2D eigenvalue weighted by Gasteiger charge is 2.28. The van der Waals surface area contributed by atoms with Crippen LogP contribution >= 0.6 is 0 Å². The van der Waals surface area contributed by atoms with Crippen LogP contribution in [0.5, 0.6) is 0 Å². The van der Waals surface area contributed by atoms with Crippen molar-refractivity contribution in [2.24, 2.45) is 0 Å². The Hall–Kier alpha value is -2.92. The van der Waals surface area contributed by atoms with Gasteiger partial charge in [0.2, 0.25) is 15.5 Å². The van der Waals surface area contributed by atoms with E-state index in [2.05, 4.69) is 4.98 Å². The maximum atomic E-state index is 13.1. The summed E-state index contributed by atoms with van der Waals surface area (Å²) in [7, 11) is -3.75. The molecule has 174 valence electrons. The van der Waals surface area contributed by atoms with Gasteiger partial charge in [0.15, 0.2) is 0 Å². The molecule has 11 heteroatoms. The molecule has 10 nitrogen and oxygen atoms in total. The van der Waals surface area contributed by atoms with Gasteiger partial charge in [-0.1, -0.05) is 13.8 Å². The van der Waals surface area contributed by atoms with Crippen LogP contribution in [0.4, 0.5) is 4.79 Å². The normalized spacial score (nSPS) is 14.8. The van der Waals surface area contributed by atoms with Gasteiger partial charge < -0.3 is 19.5 Å². The van der Waals surface area contributed by atoms with Gasteiger partial charge in [-0.3, -0.25) is 9.59 Å². The summed E-state index contributed by atoms with van der Waals surface area (Å²) in [6, 6.07) is 4.29. The highest BCUT2D eigenvalue weighted by molar-refractivity contribution is 7.89. The van der Waals surface area contributed by atoms with Crippen LogP contribution in [0.1, 0.15) is 31.1 Å². The molecule has 32 heavy (non-hydrogen) atoms. The highest BCUT2D eigenvalue weighted by atomic mass is 32.2. The molecule has 2 aromatic rings. The smallest absolute Gasteiger partial charge is 0.409 e. The van der Waals surface area contributed by atoms with Crippen molar-refractivity contribution >= 4 is 32.9 Å². The number of ether oxygens (including phenoxy) is 1. The lowest BCUT2D eigenvalue weighted by atomic mass is 10.1. The number of rotatable bonds is 6. The molecule has 0 atom stereocenters. The number of pyridine rings is 1. The lowest BCUT2D eigenvalue weighted by Gasteiger charge is -2.33. The van der Waals surface area contributed by atoms with Gasteiger partial charge in [-0.2, -0.15) is 4.31 Å². The zero-order valence-corrected chi connectivity index (χ0v) is 19.3. The second-order valence-electron chi connectivity index (χ2n) is 7.31. The molecule has 0 spiro atoms. The molecule has 1 N–H and O–H groups in total. The number of fused-ring (bicyclic) bond motifs is 1. The van der Waals surface area contributed by atoms with E-state index in [1.54, 1.807) is 20.8 Å². The number of amides is 2. The summed E-state index contributed by atoms with van der Waals surface area (Å²) in [6.07, 6.45) is 0.925. The van der Waals surface area contributed by atoms with Crippen molar-refractivity contribution < 1.29 is 22.7 Å². The van der Waals surface area contributed by atoms with Gasteiger partial charge in [-0.05, 0) is 25.1 Å². The molecule has 2 amide bonds. The van der Waals surface area contributed by atoms with Crippen molar-refractivity contribution in [3.8, 4) is 0 Å². The lowest BCUT2D eigenvalue weighted by Crippen LogP contribution is -2.51. The van der Waals surface area contributed by atoms with E-state index in [4.69, 9.17) is 4.74 Å². The van der Waals surface area contributed by atoms with Crippen LogP contribution in [0.15, 0.2) is 34.1 Å². The molecule has 1 aromatic carbocycles. The van der Waals surface area contributed by atoms with Gasteiger partial charge in [0.1, 0.15) is 5.56 Å². The summed E-state index contributed by atoms with van der Waals surface area (Å²) in [5, 5.41) is 0.134. The molecule has 0 unspecified atom stereocenters. The number of hydrogen-bond acceptors (Lipinski definition) is 6. The molecular weight excluding hydrogens is 436 g/mol. The molecular formula is C21H28N4O6S. The predicted molar refractivity (Wildman–Crippen MR) is 119 cm³/mol. The van der Waals surface area contributed by atoms with Gasteiger partial charge in [0.05, 0.1) is 11.5 Å². The lowest BCUT2D eigenvalue weighted by molar-refractivity contribution is 0.0569. The first-order chi connectivity index (χ1) is 15.2. The van der Waals surface area contributed by atoms with Gasteiger partial charge in [0, 0.05) is 56.4 Å². The molecule has 1 aromatic heterocycles. The minimum atomic E-state index is -3.75. The number of piperazine rings is 1. The summed E-state index contributed by atoms with van der Waals surface area (Å²) in [5.74, 6) is -0.464. The second-order valence-corrected chi connectivity index (χ2v) is 9.24. The van der Waals surface area contributed by atoms with Gasteiger partial charge in [-0.15, -0.1) is 0 Å². The van der Waals surface area contributed by atoms with E-state index in [-0.39, 0.29) is 35.5 Å². The number of aromatic amines is 1. The van der Waals surface area contributed by atoms with Crippen molar-refractivity contribution in [2.45, 2.75) is 25.7 Å².